The minimum Gasteiger partial charge on any atom is -0.480 e. The molecule has 40 heavy (non-hydrogen) atoms. The molecule has 0 fully saturated rings. The van der Waals surface area contributed by atoms with Gasteiger partial charge in [-0.05, 0) is 23.6 Å². The summed E-state index contributed by atoms with van der Waals surface area (Å²) in [6.45, 7) is -0.478. The third kappa shape index (κ3) is 7.54. The Hall–Kier alpha value is -4.97. The van der Waals surface area contributed by atoms with Crippen molar-refractivity contribution in [3.05, 3.63) is 90.1 Å². The van der Waals surface area contributed by atoms with Crippen LogP contribution < -0.4 is 21.7 Å². The fourth-order valence-corrected chi connectivity index (χ4v) is 4.32. The van der Waals surface area contributed by atoms with Crippen molar-refractivity contribution in [2.75, 3.05) is 6.54 Å². The van der Waals surface area contributed by atoms with Crippen molar-refractivity contribution in [3.8, 4) is 0 Å². The molecule has 4 aromatic rings. The molecule has 2 aromatic heterocycles. The number of aromatic nitrogens is 3. The Balaban J connectivity index is 1.35. The molecule has 0 saturated carbocycles. The summed E-state index contributed by atoms with van der Waals surface area (Å²) in [5, 5.41) is 18.0. The molecule has 0 spiro atoms. The predicted octanol–water partition coefficient (Wildman–Crippen LogP) is 0.417. The van der Waals surface area contributed by atoms with E-state index in [1.807, 2.05) is 24.3 Å². The van der Waals surface area contributed by atoms with Crippen LogP contribution >= 0.6 is 0 Å². The summed E-state index contributed by atoms with van der Waals surface area (Å²) < 4.78 is 0. The molecule has 12 heteroatoms. The number of carboxylic acids is 1. The lowest BCUT2D eigenvalue weighted by Gasteiger charge is -2.21. The van der Waals surface area contributed by atoms with Gasteiger partial charge in [0.2, 0.25) is 17.7 Å². The van der Waals surface area contributed by atoms with Gasteiger partial charge in [-0.25, -0.2) is 9.78 Å². The highest BCUT2D eigenvalue weighted by atomic mass is 16.4. The smallest absolute Gasteiger partial charge is 0.326 e. The van der Waals surface area contributed by atoms with Gasteiger partial charge in [-0.1, -0.05) is 48.5 Å². The number of carboxylic acid groups (broad SMARTS) is 1. The third-order valence-electron chi connectivity index (χ3n) is 6.40. The molecule has 2 aromatic carbocycles. The summed E-state index contributed by atoms with van der Waals surface area (Å²) >= 11 is 0. The Labute approximate surface area is 229 Å². The maximum atomic E-state index is 13.0. The normalized spacial score (nSPS) is 13.2. The largest absolute Gasteiger partial charge is 0.480 e. The Kier molecular flexibility index (Phi) is 9.26. The third-order valence-corrected chi connectivity index (χ3v) is 6.40. The molecular weight excluding hydrogens is 514 g/mol. The predicted molar refractivity (Wildman–Crippen MR) is 147 cm³/mol. The van der Waals surface area contributed by atoms with Crippen molar-refractivity contribution in [1.82, 2.24) is 30.9 Å². The van der Waals surface area contributed by atoms with Gasteiger partial charge >= 0.3 is 5.97 Å². The number of aromatic amines is 2. The van der Waals surface area contributed by atoms with Gasteiger partial charge in [0.25, 0.3) is 0 Å². The molecule has 0 bridgehead atoms. The zero-order valence-corrected chi connectivity index (χ0v) is 21.6. The van der Waals surface area contributed by atoms with Crippen LogP contribution in [0.25, 0.3) is 10.9 Å². The van der Waals surface area contributed by atoms with Gasteiger partial charge in [0, 0.05) is 41.8 Å². The number of carbonyl (C=O) groups excluding carboxylic acids is 3. The van der Waals surface area contributed by atoms with E-state index >= 15 is 0 Å². The van der Waals surface area contributed by atoms with Crippen LogP contribution in [0, 0.1) is 0 Å². The summed E-state index contributed by atoms with van der Waals surface area (Å²) in [4.78, 5) is 60.1. The van der Waals surface area contributed by atoms with Crippen LogP contribution in [0.15, 0.2) is 73.3 Å². The number of para-hydroxylation sites is 1. The molecule has 8 N–H and O–H groups in total. The van der Waals surface area contributed by atoms with Crippen LogP contribution in [0.3, 0.4) is 0 Å². The molecular formula is C28H31N7O5. The molecule has 0 radical (unpaired) electrons. The molecule has 0 aliphatic rings. The van der Waals surface area contributed by atoms with Crippen molar-refractivity contribution < 1.29 is 24.3 Å². The average molecular weight is 546 g/mol. The Bertz CT molecular complexity index is 1450. The van der Waals surface area contributed by atoms with Crippen molar-refractivity contribution in [3.63, 3.8) is 0 Å². The van der Waals surface area contributed by atoms with Crippen LogP contribution in [-0.2, 0) is 38.4 Å². The van der Waals surface area contributed by atoms with Gasteiger partial charge in [-0.15, -0.1) is 0 Å². The number of hydrogen-bond acceptors (Lipinski definition) is 6. The summed E-state index contributed by atoms with van der Waals surface area (Å²) in [5.74, 6) is -3.05. The zero-order chi connectivity index (χ0) is 28.5. The number of aliphatic carboxylic acids is 1. The van der Waals surface area contributed by atoms with Crippen molar-refractivity contribution in [2.24, 2.45) is 5.73 Å². The van der Waals surface area contributed by atoms with Crippen LogP contribution in [0.2, 0.25) is 0 Å². The zero-order valence-electron chi connectivity index (χ0n) is 21.6. The Morgan fingerprint density at radius 1 is 0.875 bits per heavy atom. The summed E-state index contributed by atoms with van der Waals surface area (Å²) in [5.41, 5.74) is 9.31. The van der Waals surface area contributed by atoms with Crippen molar-refractivity contribution in [2.45, 2.75) is 37.4 Å². The van der Waals surface area contributed by atoms with Crippen LogP contribution in [0.4, 0.5) is 0 Å². The number of nitrogens with one attached hydrogen (secondary N) is 5. The van der Waals surface area contributed by atoms with E-state index in [9.17, 15) is 24.3 Å². The maximum absolute atomic E-state index is 13.0. The molecule has 12 nitrogen and oxygen atoms in total. The molecule has 0 saturated heterocycles. The average Bonchev–Trinajstić information content (AvgIpc) is 3.61. The molecule has 3 unspecified atom stereocenters. The number of nitrogens with two attached hydrogens (primary N) is 1. The highest BCUT2D eigenvalue weighted by Gasteiger charge is 2.26. The fraction of sp³-hybridized carbons (Fsp3) is 0.250. The summed E-state index contributed by atoms with van der Waals surface area (Å²) in [6, 6.07) is 13.4. The minimum atomic E-state index is -1.20. The summed E-state index contributed by atoms with van der Waals surface area (Å²) in [7, 11) is 0. The Morgan fingerprint density at radius 3 is 2.35 bits per heavy atom. The van der Waals surface area contributed by atoms with E-state index in [4.69, 9.17) is 5.73 Å². The summed E-state index contributed by atoms with van der Waals surface area (Å²) in [6.07, 6.45) is 5.17. The molecule has 0 aliphatic heterocycles. The lowest BCUT2D eigenvalue weighted by molar-refractivity contribution is -0.141. The number of imidazole rings is 1. The number of fused-ring (bicyclic) bond motifs is 1. The van der Waals surface area contributed by atoms with Gasteiger partial charge in [0.05, 0.1) is 18.9 Å². The highest BCUT2D eigenvalue weighted by Crippen LogP contribution is 2.18. The number of rotatable bonds is 13. The number of amides is 3. The van der Waals surface area contributed by atoms with Crippen LogP contribution in [-0.4, -0.2) is 68.4 Å². The van der Waals surface area contributed by atoms with Gasteiger partial charge < -0.3 is 36.8 Å². The quantitative estimate of drug-likeness (QED) is 0.126. The van der Waals surface area contributed by atoms with E-state index in [-0.39, 0.29) is 19.3 Å². The van der Waals surface area contributed by atoms with Gasteiger partial charge in [0.15, 0.2) is 0 Å². The molecule has 3 atom stereocenters. The maximum Gasteiger partial charge on any atom is 0.326 e. The van der Waals surface area contributed by atoms with E-state index in [0.717, 1.165) is 22.0 Å². The lowest BCUT2D eigenvalue weighted by atomic mass is 10.0. The molecule has 4 rings (SSSR count). The number of benzene rings is 2. The SMILES string of the molecule is NC(Cc1c[nH]c2ccccc12)C(=O)NC(Cc1cnc[nH]1)C(=O)NCC(=O)NC(Cc1ccccc1)C(=O)O. The number of nitrogens with zero attached hydrogens (tertiary/aromatic N) is 1. The van der Waals surface area contributed by atoms with Gasteiger partial charge in [0.1, 0.15) is 12.1 Å². The van der Waals surface area contributed by atoms with Crippen LogP contribution in [0.5, 0.6) is 0 Å². The number of H-pyrrole nitrogens is 2. The van der Waals surface area contributed by atoms with Gasteiger partial charge in [-0.3, -0.25) is 14.4 Å². The molecule has 2 heterocycles. The van der Waals surface area contributed by atoms with E-state index in [0.29, 0.717) is 5.69 Å². The monoisotopic (exact) mass is 545 g/mol. The standard InChI is InChI=1S/C28H31N7O5/c29-21(11-18-13-31-22-9-5-4-8-20(18)22)26(37)35-23(12-19-14-30-16-33-19)27(38)32-15-25(36)34-24(28(39)40)10-17-6-2-1-3-7-17/h1-9,13-14,16,21,23-24,31H,10-12,15,29H2,(H,30,33)(H,32,38)(H,34,36)(H,35,37)(H,39,40). The van der Waals surface area contributed by atoms with E-state index in [1.54, 1.807) is 36.5 Å². The van der Waals surface area contributed by atoms with Gasteiger partial charge in [-0.2, -0.15) is 0 Å². The first-order valence-corrected chi connectivity index (χ1v) is 12.7. The highest BCUT2D eigenvalue weighted by molar-refractivity contribution is 5.93. The van der Waals surface area contributed by atoms with E-state index < -0.39 is 48.4 Å². The fourth-order valence-electron chi connectivity index (χ4n) is 4.32. The van der Waals surface area contributed by atoms with Crippen molar-refractivity contribution >= 4 is 34.6 Å². The first-order valence-electron chi connectivity index (χ1n) is 12.7. The topological polar surface area (TPSA) is 195 Å². The second-order valence-corrected chi connectivity index (χ2v) is 9.38. The van der Waals surface area contributed by atoms with E-state index in [2.05, 4.69) is 30.9 Å². The first kappa shape index (κ1) is 28.0. The number of hydrogen-bond donors (Lipinski definition) is 7. The Morgan fingerprint density at radius 2 is 1.62 bits per heavy atom. The second-order valence-electron chi connectivity index (χ2n) is 9.38. The van der Waals surface area contributed by atoms with Crippen LogP contribution in [0.1, 0.15) is 16.8 Å². The molecule has 208 valence electrons. The van der Waals surface area contributed by atoms with Crippen molar-refractivity contribution in [1.29, 1.82) is 0 Å². The number of carbonyl (C=O) groups is 4. The molecule has 0 aliphatic carbocycles. The van der Waals surface area contributed by atoms with E-state index in [1.165, 1.54) is 12.5 Å². The second kappa shape index (κ2) is 13.2. The first-order chi connectivity index (χ1) is 19.3. The molecule has 3 amide bonds. The lowest BCUT2D eigenvalue weighted by Crippen LogP contribution is -2.54. The minimum absolute atomic E-state index is 0.0742.